The van der Waals surface area contributed by atoms with Gasteiger partial charge in [-0.2, -0.15) is 0 Å². The minimum Gasteiger partial charge on any atom is -0.494 e. The van der Waals surface area contributed by atoms with Crippen molar-refractivity contribution in [3.05, 3.63) is 66.0 Å². The lowest BCUT2D eigenvalue weighted by atomic mass is 9.80. The molecule has 0 aliphatic heterocycles. The Morgan fingerprint density at radius 2 is 1.70 bits per heavy atom. The summed E-state index contributed by atoms with van der Waals surface area (Å²) in [4.78, 5) is 0. The average Bonchev–Trinajstić information content (AvgIpc) is 2.50. The quantitative estimate of drug-likeness (QED) is 0.874. The highest BCUT2D eigenvalue weighted by molar-refractivity contribution is 5.25. The zero-order valence-corrected chi connectivity index (χ0v) is 11.7. The molecule has 0 saturated carbocycles. The molecule has 0 aromatic heterocycles. The van der Waals surface area contributed by atoms with Crippen LogP contribution < -0.4 is 10.5 Å². The predicted octanol–water partition coefficient (Wildman–Crippen LogP) is 3.51. The first kappa shape index (κ1) is 14.5. The van der Waals surface area contributed by atoms with Crippen molar-refractivity contribution in [3.8, 4) is 5.75 Å². The molecule has 3 heteroatoms. The van der Waals surface area contributed by atoms with Gasteiger partial charge >= 0.3 is 0 Å². The van der Waals surface area contributed by atoms with Crippen LogP contribution >= 0.6 is 0 Å². The second-order valence-corrected chi connectivity index (χ2v) is 5.18. The van der Waals surface area contributed by atoms with E-state index < -0.39 is 0 Å². The van der Waals surface area contributed by atoms with Crippen LogP contribution in [0.4, 0.5) is 4.39 Å². The first-order valence-corrected chi connectivity index (χ1v) is 6.78. The first-order chi connectivity index (χ1) is 9.64. The normalized spacial score (nSPS) is 13.8. The van der Waals surface area contributed by atoms with E-state index in [4.69, 9.17) is 10.5 Å². The molecule has 0 bridgehead atoms. The van der Waals surface area contributed by atoms with E-state index in [2.05, 4.69) is 19.1 Å². The van der Waals surface area contributed by atoms with E-state index in [1.54, 1.807) is 12.1 Å². The molecule has 2 aromatic rings. The maximum atomic E-state index is 12.8. The summed E-state index contributed by atoms with van der Waals surface area (Å²) in [6.07, 6.45) is 0.810. The van der Waals surface area contributed by atoms with Crippen molar-refractivity contribution in [2.75, 3.05) is 13.2 Å². The molecule has 2 nitrogen and oxygen atoms in total. The standard InChI is InChI=1S/C17H20FNO/c1-17(13-19,14-5-3-2-4-6-14)11-12-20-16-9-7-15(18)8-10-16/h2-10H,11-13,19H2,1H3. The van der Waals surface area contributed by atoms with Crippen LogP contribution in [0.5, 0.6) is 5.75 Å². The molecular weight excluding hydrogens is 253 g/mol. The van der Waals surface area contributed by atoms with E-state index >= 15 is 0 Å². The van der Waals surface area contributed by atoms with Crippen LogP contribution in [-0.4, -0.2) is 13.2 Å². The molecule has 20 heavy (non-hydrogen) atoms. The Balaban J connectivity index is 1.96. The fourth-order valence-electron chi connectivity index (χ4n) is 2.13. The summed E-state index contributed by atoms with van der Waals surface area (Å²) in [6, 6.07) is 16.3. The van der Waals surface area contributed by atoms with Crippen molar-refractivity contribution in [2.24, 2.45) is 5.73 Å². The van der Waals surface area contributed by atoms with E-state index in [9.17, 15) is 4.39 Å². The van der Waals surface area contributed by atoms with Crippen LogP contribution in [-0.2, 0) is 5.41 Å². The molecule has 2 aromatic carbocycles. The fourth-order valence-corrected chi connectivity index (χ4v) is 2.13. The van der Waals surface area contributed by atoms with Crippen LogP contribution in [0.1, 0.15) is 18.9 Å². The highest BCUT2D eigenvalue weighted by atomic mass is 19.1. The van der Waals surface area contributed by atoms with E-state index in [0.717, 1.165) is 6.42 Å². The van der Waals surface area contributed by atoms with Gasteiger partial charge in [0.05, 0.1) is 6.61 Å². The van der Waals surface area contributed by atoms with Crippen LogP contribution in [0.25, 0.3) is 0 Å². The third kappa shape index (κ3) is 3.58. The lowest BCUT2D eigenvalue weighted by Crippen LogP contribution is -2.33. The molecule has 2 rings (SSSR count). The maximum Gasteiger partial charge on any atom is 0.123 e. The molecule has 0 aliphatic carbocycles. The molecule has 0 heterocycles. The number of ether oxygens (including phenoxy) is 1. The van der Waals surface area contributed by atoms with Crippen molar-refractivity contribution in [3.63, 3.8) is 0 Å². The lowest BCUT2D eigenvalue weighted by Gasteiger charge is -2.28. The van der Waals surface area contributed by atoms with E-state index in [1.807, 2.05) is 18.2 Å². The second kappa shape index (κ2) is 6.53. The summed E-state index contributed by atoms with van der Waals surface area (Å²) in [6.45, 7) is 3.24. The van der Waals surface area contributed by atoms with Gasteiger partial charge in [-0.05, 0) is 36.2 Å². The van der Waals surface area contributed by atoms with E-state index in [0.29, 0.717) is 18.9 Å². The first-order valence-electron chi connectivity index (χ1n) is 6.78. The van der Waals surface area contributed by atoms with Gasteiger partial charge in [0.25, 0.3) is 0 Å². The molecule has 1 unspecified atom stereocenters. The highest BCUT2D eigenvalue weighted by Gasteiger charge is 2.24. The Morgan fingerprint density at radius 1 is 1.05 bits per heavy atom. The number of hydrogen-bond acceptors (Lipinski definition) is 2. The number of hydrogen-bond donors (Lipinski definition) is 1. The molecule has 0 amide bonds. The molecule has 0 radical (unpaired) electrons. The van der Waals surface area contributed by atoms with Gasteiger partial charge in [0, 0.05) is 12.0 Å². The smallest absolute Gasteiger partial charge is 0.123 e. The van der Waals surface area contributed by atoms with Crippen molar-refractivity contribution < 1.29 is 9.13 Å². The van der Waals surface area contributed by atoms with Gasteiger partial charge in [-0.3, -0.25) is 0 Å². The Bertz CT molecular complexity index is 526. The zero-order chi connectivity index (χ0) is 14.4. The van der Waals surface area contributed by atoms with Gasteiger partial charge in [0.2, 0.25) is 0 Å². The highest BCUT2D eigenvalue weighted by Crippen LogP contribution is 2.26. The Labute approximate surface area is 119 Å². The molecule has 106 valence electrons. The minimum atomic E-state index is -0.256. The summed E-state index contributed by atoms with van der Waals surface area (Å²) in [5.74, 6) is 0.423. The van der Waals surface area contributed by atoms with Gasteiger partial charge < -0.3 is 10.5 Å². The molecule has 0 aliphatic rings. The number of nitrogens with two attached hydrogens (primary N) is 1. The molecule has 0 saturated heterocycles. The number of rotatable bonds is 6. The summed E-state index contributed by atoms with van der Waals surface area (Å²) >= 11 is 0. The Kier molecular flexibility index (Phi) is 4.74. The molecule has 1 atom stereocenters. The van der Waals surface area contributed by atoms with Crippen LogP contribution in [0.15, 0.2) is 54.6 Å². The van der Waals surface area contributed by atoms with Gasteiger partial charge in [-0.1, -0.05) is 37.3 Å². The minimum absolute atomic E-state index is 0.110. The SMILES string of the molecule is CC(CN)(CCOc1ccc(F)cc1)c1ccccc1. The van der Waals surface area contributed by atoms with Crippen LogP contribution in [0.2, 0.25) is 0 Å². The van der Waals surface area contributed by atoms with E-state index in [1.165, 1.54) is 17.7 Å². The number of halogens is 1. The van der Waals surface area contributed by atoms with Crippen molar-refractivity contribution in [2.45, 2.75) is 18.8 Å². The predicted molar refractivity (Wildman–Crippen MR) is 79.4 cm³/mol. The number of benzene rings is 2. The average molecular weight is 273 g/mol. The maximum absolute atomic E-state index is 12.8. The summed E-state index contributed by atoms with van der Waals surface area (Å²) in [5, 5.41) is 0. The monoisotopic (exact) mass is 273 g/mol. The van der Waals surface area contributed by atoms with Crippen LogP contribution in [0.3, 0.4) is 0 Å². The van der Waals surface area contributed by atoms with E-state index in [-0.39, 0.29) is 11.2 Å². The Morgan fingerprint density at radius 3 is 2.30 bits per heavy atom. The molecule has 0 spiro atoms. The van der Waals surface area contributed by atoms with Crippen molar-refractivity contribution >= 4 is 0 Å². The zero-order valence-electron chi connectivity index (χ0n) is 11.7. The second-order valence-electron chi connectivity index (χ2n) is 5.18. The van der Waals surface area contributed by atoms with Crippen molar-refractivity contribution in [1.82, 2.24) is 0 Å². The summed E-state index contributed by atoms with van der Waals surface area (Å²) < 4.78 is 18.5. The Hall–Kier alpha value is -1.87. The van der Waals surface area contributed by atoms with Crippen LogP contribution in [0, 0.1) is 5.82 Å². The molecule has 2 N–H and O–H groups in total. The topological polar surface area (TPSA) is 35.2 Å². The molecular formula is C17H20FNO. The lowest BCUT2D eigenvalue weighted by molar-refractivity contribution is 0.266. The summed E-state index contributed by atoms with van der Waals surface area (Å²) in [7, 11) is 0. The van der Waals surface area contributed by atoms with Gasteiger partial charge in [-0.25, -0.2) is 4.39 Å². The largest absolute Gasteiger partial charge is 0.494 e. The fraction of sp³-hybridized carbons (Fsp3) is 0.294. The summed E-state index contributed by atoms with van der Waals surface area (Å²) in [5.41, 5.74) is 7.04. The van der Waals surface area contributed by atoms with Gasteiger partial charge in [0.15, 0.2) is 0 Å². The van der Waals surface area contributed by atoms with Crippen molar-refractivity contribution in [1.29, 1.82) is 0 Å². The van der Waals surface area contributed by atoms with Gasteiger partial charge in [0.1, 0.15) is 11.6 Å². The van der Waals surface area contributed by atoms with Gasteiger partial charge in [-0.15, -0.1) is 0 Å². The third-order valence-electron chi connectivity index (χ3n) is 3.66. The third-order valence-corrected chi connectivity index (χ3v) is 3.66. The molecule has 0 fully saturated rings.